The number of hydrogen-bond donors (Lipinski definition) is 2. The second-order valence-corrected chi connectivity index (χ2v) is 11.5. The van der Waals surface area contributed by atoms with Gasteiger partial charge in [-0.05, 0) is 35.7 Å². The Bertz CT molecular complexity index is 839. The van der Waals surface area contributed by atoms with E-state index in [1.165, 1.54) is 9.75 Å². The fourth-order valence-electron chi connectivity index (χ4n) is 4.91. The number of rotatable bonds is 14. The minimum Gasteiger partial charge on any atom is -0.379 e. The minimum atomic E-state index is 0.0866. The van der Waals surface area contributed by atoms with E-state index < -0.39 is 0 Å². The summed E-state index contributed by atoms with van der Waals surface area (Å²) in [6, 6.07) is 8.82. The van der Waals surface area contributed by atoms with Crippen molar-refractivity contribution < 1.29 is 19.1 Å². The minimum absolute atomic E-state index is 0.0866. The Labute approximate surface area is 228 Å². The van der Waals surface area contributed by atoms with Crippen LogP contribution in [0.15, 0.2) is 35.0 Å². The lowest BCUT2D eigenvalue weighted by Gasteiger charge is -2.34. The molecule has 0 spiro atoms. The van der Waals surface area contributed by atoms with Crippen LogP contribution >= 0.6 is 22.7 Å². The van der Waals surface area contributed by atoms with Gasteiger partial charge in [-0.15, -0.1) is 22.7 Å². The maximum Gasteiger partial charge on any atom is 0.220 e. The molecule has 2 N–H and O–H groups in total. The molecule has 0 aliphatic carbocycles. The summed E-state index contributed by atoms with van der Waals surface area (Å²) in [7, 11) is 0. The molecule has 2 fully saturated rings. The van der Waals surface area contributed by atoms with Gasteiger partial charge in [-0.25, -0.2) is 0 Å². The monoisotopic (exact) mass is 548 g/mol. The lowest BCUT2D eigenvalue weighted by atomic mass is 10.1. The van der Waals surface area contributed by atoms with E-state index in [2.05, 4.69) is 55.5 Å². The van der Waals surface area contributed by atoms with Crippen molar-refractivity contribution >= 4 is 34.5 Å². The smallest absolute Gasteiger partial charge is 0.220 e. The van der Waals surface area contributed by atoms with Crippen LogP contribution < -0.4 is 10.6 Å². The standard InChI is InChI=1S/C27H40N4O4S2/c32-26(28-20-22(24-6-4-18-36-24)30-10-14-34-15-11-30)8-2-1-3-9-27(33)29-21-23(25-7-5-19-37-25)31-12-16-35-17-13-31/h4-7,18-19,22-23H,1-3,8-17,20-21H2,(H,28,32)(H,29,33)/t22-,23-/m0/s1. The number of unbranched alkanes of at least 4 members (excludes halogenated alkanes) is 2. The first-order valence-corrected chi connectivity index (χ1v) is 15.2. The topological polar surface area (TPSA) is 83.1 Å². The van der Waals surface area contributed by atoms with Crippen LogP contribution in [0.4, 0.5) is 0 Å². The van der Waals surface area contributed by atoms with Gasteiger partial charge in [0.25, 0.3) is 0 Å². The molecule has 0 unspecified atom stereocenters. The van der Waals surface area contributed by atoms with Gasteiger partial charge in [-0.1, -0.05) is 18.6 Å². The first kappa shape index (κ1) is 28.2. The maximum absolute atomic E-state index is 12.5. The quantitative estimate of drug-likeness (QED) is 0.352. The van der Waals surface area contributed by atoms with E-state index in [1.54, 1.807) is 22.7 Å². The Morgan fingerprint density at radius 2 is 1.16 bits per heavy atom. The molecule has 2 aliphatic heterocycles. The van der Waals surface area contributed by atoms with Crippen LogP contribution in [0.1, 0.15) is 53.9 Å². The van der Waals surface area contributed by atoms with Crippen LogP contribution in [0.25, 0.3) is 0 Å². The molecule has 2 aliphatic rings. The summed E-state index contributed by atoms with van der Waals surface area (Å²) >= 11 is 3.47. The molecule has 2 saturated heterocycles. The summed E-state index contributed by atoms with van der Waals surface area (Å²) in [5.74, 6) is 0.173. The third-order valence-corrected chi connectivity index (χ3v) is 8.96. The van der Waals surface area contributed by atoms with Crippen molar-refractivity contribution in [3.63, 3.8) is 0 Å². The molecule has 4 rings (SSSR count). The Morgan fingerprint density at radius 1 is 0.730 bits per heavy atom. The van der Waals surface area contributed by atoms with Crippen molar-refractivity contribution in [2.45, 2.75) is 44.2 Å². The highest BCUT2D eigenvalue weighted by atomic mass is 32.1. The Hall–Kier alpha value is -1.82. The molecule has 0 radical (unpaired) electrons. The van der Waals surface area contributed by atoms with Gasteiger partial charge in [0, 0.05) is 61.9 Å². The lowest BCUT2D eigenvalue weighted by Crippen LogP contribution is -2.43. The number of hydrogen-bond acceptors (Lipinski definition) is 8. The fraction of sp³-hybridized carbons (Fsp3) is 0.630. The van der Waals surface area contributed by atoms with Gasteiger partial charge >= 0.3 is 0 Å². The Kier molecular flexibility index (Phi) is 11.9. The zero-order valence-corrected chi connectivity index (χ0v) is 23.2. The van der Waals surface area contributed by atoms with Gasteiger partial charge in [0.1, 0.15) is 0 Å². The van der Waals surface area contributed by atoms with E-state index in [-0.39, 0.29) is 23.9 Å². The largest absolute Gasteiger partial charge is 0.379 e. The van der Waals surface area contributed by atoms with Crippen molar-refractivity contribution in [1.29, 1.82) is 0 Å². The maximum atomic E-state index is 12.5. The van der Waals surface area contributed by atoms with Gasteiger partial charge in [-0.3, -0.25) is 19.4 Å². The first-order chi connectivity index (χ1) is 18.2. The number of amides is 2. The van der Waals surface area contributed by atoms with Gasteiger partial charge in [0.05, 0.1) is 38.5 Å². The highest BCUT2D eigenvalue weighted by Gasteiger charge is 2.25. The Balaban J connectivity index is 1.10. The molecular weight excluding hydrogens is 508 g/mol. The van der Waals surface area contributed by atoms with Crippen LogP contribution in [-0.4, -0.2) is 87.3 Å². The van der Waals surface area contributed by atoms with E-state index in [0.29, 0.717) is 25.9 Å². The molecule has 2 amide bonds. The summed E-state index contributed by atoms with van der Waals surface area (Å²) < 4.78 is 11.0. The van der Waals surface area contributed by atoms with E-state index in [9.17, 15) is 9.59 Å². The van der Waals surface area contributed by atoms with Crippen LogP contribution in [0.2, 0.25) is 0 Å². The molecule has 2 atom stereocenters. The second kappa shape index (κ2) is 15.6. The highest BCUT2D eigenvalue weighted by molar-refractivity contribution is 7.10. The van der Waals surface area contributed by atoms with Gasteiger partial charge in [-0.2, -0.15) is 0 Å². The number of carbonyl (C=O) groups excluding carboxylic acids is 2. The van der Waals surface area contributed by atoms with Crippen LogP contribution in [0.5, 0.6) is 0 Å². The average Bonchev–Trinajstić information content (AvgIpc) is 3.65. The van der Waals surface area contributed by atoms with Gasteiger partial charge < -0.3 is 20.1 Å². The summed E-state index contributed by atoms with van der Waals surface area (Å²) in [5.41, 5.74) is 0. The average molecular weight is 549 g/mol. The normalized spacial score (nSPS) is 18.8. The van der Waals surface area contributed by atoms with E-state index in [4.69, 9.17) is 9.47 Å². The molecule has 2 aromatic rings. The number of carbonyl (C=O) groups is 2. The van der Waals surface area contributed by atoms with Crippen molar-refractivity contribution in [2.75, 3.05) is 65.7 Å². The molecule has 2 aromatic heterocycles. The summed E-state index contributed by atoms with van der Waals surface area (Å²) in [5, 5.41) is 10.5. The molecule has 8 nitrogen and oxygen atoms in total. The predicted molar refractivity (Wildman–Crippen MR) is 148 cm³/mol. The van der Waals surface area contributed by atoms with Crippen LogP contribution in [-0.2, 0) is 19.1 Å². The third-order valence-electron chi connectivity index (χ3n) is 7.01. The zero-order valence-electron chi connectivity index (χ0n) is 21.6. The molecule has 37 heavy (non-hydrogen) atoms. The molecule has 0 bridgehead atoms. The summed E-state index contributed by atoms with van der Waals surface area (Å²) in [6.07, 6.45) is 3.47. The van der Waals surface area contributed by atoms with Gasteiger partial charge in [0.15, 0.2) is 0 Å². The molecule has 204 valence electrons. The highest BCUT2D eigenvalue weighted by Crippen LogP contribution is 2.26. The molecule has 0 aromatic carbocycles. The van der Waals surface area contributed by atoms with Crippen LogP contribution in [0.3, 0.4) is 0 Å². The van der Waals surface area contributed by atoms with Gasteiger partial charge in [0.2, 0.25) is 11.8 Å². The number of nitrogens with one attached hydrogen (secondary N) is 2. The first-order valence-electron chi connectivity index (χ1n) is 13.4. The number of morpholine rings is 2. The van der Waals surface area contributed by atoms with E-state index in [0.717, 1.165) is 71.9 Å². The molecule has 4 heterocycles. The molecule has 0 saturated carbocycles. The SMILES string of the molecule is O=C(CCCCCC(=O)NC[C@@H](c1cccs1)N1CCOCC1)NC[C@@H](c1cccs1)N1CCOCC1. The number of thiophene rings is 2. The molecule has 10 heteroatoms. The summed E-state index contributed by atoms with van der Waals surface area (Å²) in [6.45, 7) is 7.77. The molecular formula is C27H40N4O4S2. The lowest BCUT2D eigenvalue weighted by molar-refractivity contribution is -0.122. The second-order valence-electron chi connectivity index (χ2n) is 9.53. The van der Waals surface area contributed by atoms with Crippen molar-refractivity contribution in [1.82, 2.24) is 20.4 Å². The van der Waals surface area contributed by atoms with Crippen LogP contribution in [0, 0.1) is 0 Å². The zero-order chi connectivity index (χ0) is 25.7. The number of nitrogens with zero attached hydrogens (tertiary/aromatic N) is 2. The van der Waals surface area contributed by atoms with Crippen molar-refractivity contribution in [2.24, 2.45) is 0 Å². The number of ether oxygens (including phenoxy) is 2. The van der Waals surface area contributed by atoms with Crippen molar-refractivity contribution in [3.8, 4) is 0 Å². The predicted octanol–water partition coefficient (Wildman–Crippen LogP) is 3.44. The van der Waals surface area contributed by atoms with E-state index >= 15 is 0 Å². The fourth-order valence-corrected chi connectivity index (χ4v) is 6.63. The van der Waals surface area contributed by atoms with Crippen molar-refractivity contribution in [3.05, 3.63) is 44.8 Å². The third kappa shape index (κ3) is 9.15. The van der Waals surface area contributed by atoms with E-state index in [1.807, 2.05) is 0 Å². The Morgan fingerprint density at radius 3 is 1.54 bits per heavy atom. The summed E-state index contributed by atoms with van der Waals surface area (Å²) in [4.78, 5) is 32.3.